The van der Waals surface area contributed by atoms with E-state index in [0.29, 0.717) is 41.9 Å². The van der Waals surface area contributed by atoms with Crippen molar-refractivity contribution in [2.24, 2.45) is 0 Å². The Morgan fingerprint density at radius 3 is 2.60 bits per heavy atom. The van der Waals surface area contributed by atoms with Crippen molar-refractivity contribution in [1.29, 1.82) is 0 Å². The molecular formula is C26H29N9O4S. The van der Waals surface area contributed by atoms with E-state index in [1.165, 1.54) is 10.8 Å². The van der Waals surface area contributed by atoms with Crippen LogP contribution >= 0.6 is 0 Å². The van der Waals surface area contributed by atoms with Crippen LogP contribution in [0.2, 0.25) is 0 Å². The van der Waals surface area contributed by atoms with E-state index < -0.39 is 15.9 Å². The molecule has 2 fully saturated rings. The first-order valence-electron chi connectivity index (χ1n) is 13.4. The number of aromatic amines is 1. The molecular weight excluding hydrogens is 534 g/mol. The van der Waals surface area contributed by atoms with Crippen LogP contribution in [0.25, 0.3) is 16.8 Å². The van der Waals surface area contributed by atoms with Gasteiger partial charge in [0, 0.05) is 41.6 Å². The number of nitrogens with one attached hydrogen (secondary N) is 1. The molecule has 2 unspecified atom stereocenters. The first-order chi connectivity index (χ1) is 19.2. The Morgan fingerprint density at radius 1 is 1.12 bits per heavy atom. The minimum absolute atomic E-state index is 0.0132. The average Bonchev–Trinajstić information content (AvgIpc) is 3.66. The summed E-state index contributed by atoms with van der Waals surface area (Å²) < 4.78 is 27.5. The summed E-state index contributed by atoms with van der Waals surface area (Å²) >= 11 is 0. The molecule has 2 bridgehead atoms. The first kappa shape index (κ1) is 25.1. The van der Waals surface area contributed by atoms with Crippen LogP contribution < -0.4 is 5.73 Å². The maximum absolute atomic E-state index is 13.1. The number of pyridine rings is 1. The Hall–Kier alpha value is -3.91. The minimum Gasteiger partial charge on any atom is -0.387 e. The number of aryl methyl sites for hydroxylation is 1. The second-order valence-electron chi connectivity index (χ2n) is 11.1. The highest BCUT2D eigenvalue weighted by molar-refractivity contribution is 7.91. The Balaban J connectivity index is 1.31. The van der Waals surface area contributed by atoms with Crippen LogP contribution in [-0.4, -0.2) is 77.4 Å². The molecule has 40 heavy (non-hydrogen) atoms. The fourth-order valence-corrected chi connectivity index (χ4v) is 7.89. The number of anilines is 1. The fourth-order valence-electron chi connectivity index (χ4n) is 6.83. The Labute approximate surface area is 229 Å². The number of hydrogen-bond acceptors (Lipinski definition) is 10. The van der Waals surface area contributed by atoms with Crippen molar-refractivity contribution in [3.8, 4) is 11.1 Å². The van der Waals surface area contributed by atoms with Gasteiger partial charge in [-0.1, -0.05) is 0 Å². The van der Waals surface area contributed by atoms with Gasteiger partial charge in [-0.3, -0.25) is 14.9 Å². The molecule has 0 radical (unpaired) electrons. The number of aromatic nitrogens is 7. The molecule has 4 N–H and O–H groups in total. The zero-order valence-electron chi connectivity index (χ0n) is 21.9. The number of rotatable bonds is 4. The fraction of sp³-hybridized carbons (Fsp3) is 0.462. The zero-order chi connectivity index (χ0) is 27.8. The molecule has 0 aromatic carbocycles. The molecule has 0 saturated carbocycles. The molecule has 3 aliphatic rings. The largest absolute Gasteiger partial charge is 0.387 e. The number of fused-ring (bicyclic) bond motifs is 4. The molecule has 13 nitrogen and oxygen atoms in total. The number of nitrogens with zero attached hydrogens (tertiary/aromatic N) is 7. The molecule has 4 aromatic heterocycles. The standard InChI is InChI=1S/C26H29N9O4S/c1-40(38,39)22-21(14-8-16-5-6-17(9-14)34(16)26(37)24-29-12-30-33-24)32-25-18(11-31-35(25)23(22)27)15-7-13-3-2-4-19(36)20(13)28-10-15/h7,10-12,14,16-17,19,36H,2-6,8-9,27H2,1H3,(H,29,30,33)/t14?,16-,17+,19?. The third-order valence-electron chi connectivity index (χ3n) is 8.56. The van der Waals surface area contributed by atoms with Crippen LogP contribution in [0, 0.1) is 0 Å². The SMILES string of the molecule is CS(=O)(=O)c1c(C2C[C@H]3CC[C@@H](C2)N3C(=O)c2ncn[nH]2)nc2c(-c3cnc4c(c3)CCCC4O)cnn2c1N. The molecule has 1 aliphatic carbocycles. The van der Waals surface area contributed by atoms with Gasteiger partial charge in [0.2, 0.25) is 5.82 Å². The van der Waals surface area contributed by atoms with Gasteiger partial charge in [-0.05, 0) is 56.6 Å². The van der Waals surface area contributed by atoms with E-state index in [1.54, 1.807) is 12.4 Å². The maximum atomic E-state index is 13.1. The summed E-state index contributed by atoms with van der Waals surface area (Å²) in [7, 11) is -3.75. The number of carbonyl (C=O) groups is 1. The summed E-state index contributed by atoms with van der Waals surface area (Å²) in [6.45, 7) is 0. The van der Waals surface area contributed by atoms with Gasteiger partial charge in [-0.15, -0.1) is 0 Å². The molecule has 4 aromatic rings. The van der Waals surface area contributed by atoms with Gasteiger partial charge < -0.3 is 15.7 Å². The van der Waals surface area contributed by atoms with Crippen molar-refractivity contribution < 1.29 is 18.3 Å². The molecule has 2 saturated heterocycles. The molecule has 7 rings (SSSR count). The Morgan fingerprint density at radius 2 is 1.90 bits per heavy atom. The monoisotopic (exact) mass is 563 g/mol. The summed E-state index contributed by atoms with van der Waals surface area (Å²) in [5, 5.41) is 21.2. The van der Waals surface area contributed by atoms with E-state index in [9.17, 15) is 18.3 Å². The summed E-state index contributed by atoms with van der Waals surface area (Å²) in [5.74, 6) is -0.195. The highest BCUT2D eigenvalue weighted by Gasteiger charge is 2.46. The highest BCUT2D eigenvalue weighted by Crippen LogP contribution is 2.45. The van der Waals surface area contributed by atoms with Crippen molar-refractivity contribution in [3.63, 3.8) is 0 Å². The Bertz CT molecular complexity index is 1740. The van der Waals surface area contributed by atoms with E-state index >= 15 is 0 Å². The molecule has 208 valence electrons. The third kappa shape index (κ3) is 3.88. The van der Waals surface area contributed by atoms with Gasteiger partial charge in [0.05, 0.1) is 23.7 Å². The minimum atomic E-state index is -3.75. The number of sulfone groups is 1. The van der Waals surface area contributed by atoms with Crippen LogP contribution in [0.15, 0.2) is 29.7 Å². The number of H-pyrrole nitrogens is 1. The second kappa shape index (κ2) is 9.06. The normalized spacial score (nSPS) is 24.4. The first-order valence-corrected chi connectivity index (χ1v) is 15.3. The van der Waals surface area contributed by atoms with Crippen molar-refractivity contribution in [2.45, 2.75) is 73.9 Å². The summed E-state index contributed by atoms with van der Waals surface area (Å²) in [4.78, 5) is 28.5. The number of nitrogen functional groups attached to an aromatic ring is 1. The number of amides is 1. The number of nitrogens with two attached hydrogens (primary N) is 1. The lowest BCUT2D eigenvalue weighted by Crippen LogP contribution is -2.46. The van der Waals surface area contributed by atoms with Crippen molar-refractivity contribution in [1.82, 2.24) is 39.7 Å². The van der Waals surface area contributed by atoms with E-state index in [1.807, 2.05) is 11.0 Å². The summed E-state index contributed by atoms with van der Waals surface area (Å²) in [6, 6.07) is 1.85. The quantitative estimate of drug-likeness (QED) is 0.331. The molecule has 6 heterocycles. The second-order valence-corrected chi connectivity index (χ2v) is 13.0. The number of aliphatic hydroxyl groups is 1. The van der Waals surface area contributed by atoms with Crippen molar-refractivity contribution >= 4 is 27.2 Å². The Kier molecular flexibility index (Phi) is 5.68. The van der Waals surface area contributed by atoms with Gasteiger partial charge >= 0.3 is 0 Å². The maximum Gasteiger partial charge on any atom is 0.291 e. The van der Waals surface area contributed by atoms with E-state index in [0.717, 1.165) is 43.1 Å². The summed E-state index contributed by atoms with van der Waals surface area (Å²) in [6.07, 6.45) is 10.3. The van der Waals surface area contributed by atoms with Gasteiger partial charge in [-0.25, -0.2) is 18.4 Å². The van der Waals surface area contributed by atoms with Crippen LogP contribution in [0.5, 0.6) is 0 Å². The van der Waals surface area contributed by atoms with Gasteiger partial charge in [-0.2, -0.15) is 14.7 Å². The number of piperidine rings is 1. The van der Waals surface area contributed by atoms with Gasteiger partial charge in [0.25, 0.3) is 5.91 Å². The van der Waals surface area contributed by atoms with Crippen LogP contribution in [0.3, 0.4) is 0 Å². The molecule has 2 aliphatic heterocycles. The molecule has 14 heteroatoms. The predicted octanol–water partition coefficient (Wildman–Crippen LogP) is 1.82. The van der Waals surface area contributed by atoms with Crippen molar-refractivity contribution in [3.05, 3.63) is 47.6 Å². The van der Waals surface area contributed by atoms with E-state index in [2.05, 4.69) is 25.3 Å². The molecule has 0 spiro atoms. The number of carbonyl (C=O) groups excluding carboxylic acids is 1. The van der Waals surface area contributed by atoms with Gasteiger partial charge in [0.1, 0.15) is 17.0 Å². The van der Waals surface area contributed by atoms with Crippen LogP contribution in [-0.2, 0) is 16.3 Å². The lowest BCUT2D eigenvalue weighted by molar-refractivity contribution is 0.0556. The van der Waals surface area contributed by atoms with Gasteiger partial charge in [0.15, 0.2) is 15.5 Å². The third-order valence-corrected chi connectivity index (χ3v) is 9.72. The summed E-state index contributed by atoms with van der Waals surface area (Å²) in [5.41, 5.74) is 10.5. The van der Waals surface area contributed by atoms with Crippen LogP contribution in [0.1, 0.15) is 78.1 Å². The molecule has 1 amide bonds. The molecule has 4 atom stereocenters. The lowest BCUT2D eigenvalue weighted by atomic mass is 9.87. The topological polar surface area (TPSA) is 185 Å². The predicted molar refractivity (Wildman–Crippen MR) is 143 cm³/mol. The number of hydrogen-bond donors (Lipinski definition) is 3. The lowest BCUT2D eigenvalue weighted by Gasteiger charge is -2.38. The number of aliphatic hydroxyl groups excluding tert-OH is 1. The van der Waals surface area contributed by atoms with E-state index in [4.69, 9.17) is 10.7 Å². The zero-order valence-corrected chi connectivity index (χ0v) is 22.7. The van der Waals surface area contributed by atoms with Crippen LogP contribution in [0.4, 0.5) is 5.82 Å². The average molecular weight is 564 g/mol. The van der Waals surface area contributed by atoms with Crippen molar-refractivity contribution in [2.75, 3.05) is 12.0 Å². The highest BCUT2D eigenvalue weighted by atomic mass is 32.2. The smallest absolute Gasteiger partial charge is 0.291 e. The van der Waals surface area contributed by atoms with E-state index in [-0.39, 0.29) is 40.4 Å².